The van der Waals surface area contributed by atoms with E-state index in [1.807, 2.05) is 31.7 Å². The van der Waals surface area contributed by atoms with Gasteiger partial charge in [0.15, 0.2) is 11.3 Å². The molecule has 18 heteroatoms. The Balaban J connectivity index is 1.44. The zero-order chi connectivity index (χ0) is 51.3. The molecule has 0 aromatic heterocycles. The number of aromatic nitrogens is 1. The van der Waals surface area contributed by atoms with E-state index >= 15 is 0 Å². The molecule has 1 aliphatic carbocycles. The topological polar surface area (TPSA) is 251 Å². The SMILES string of the molecule is CO[C@H]1/C=C/O[C@@]2(C)Oc3c(C)c(O)c4c(=O)c(c5oc6cc(N7CCN(CCO)CC7)cc(O)c6nc-5c4c3C2=O)NC(=O)/C(C)=C\C=C\C(C)(C)[C@H](C)[C@H](O)[C@@H](C)[C@@H](O)[C@@H](C)[C@H](OC(C)=O)[C@@H]1C. The molecule has 70 heavy (non-hydrogen) atoms. The fraction of sp³-hybridized carbons (Fsp3) is 0.519. The summed E-state index contributed by atoms with van der Waals surface area (Å²) in [6, 6.07) is 3.19. The van der Waals surface area contributed by atoms with Crippen molar-refractivity contribution in [1.82, 2.24) is 9.88 Å². The summed E-state index contributed by atoms with van der Waals surface area (Å²) in [5.41, 5.74) is -1.53. The number of phenols is 2. The van der Waals surface area contributed by atoms with Gasteiger partial charge < -0.3 is 59.1 Å². The van der Waals surface area contributed by atoms with Crippen LogP contribution in [-0.2, 0) is 23.8 Å². The standard InChI is InChI=1S/C52H66N4O14/c1-25-13-12-15-51(8,9)30(6)43(61)27(3)42(60)28(4)46(68-31(7)58)26(2)34(66-11)14-22-67-52(10)49(64)38-36-37(44(62)29(5)47(38)70-52)45(63)41(54-50(25)65)48-40(36)53-39-33(59)23-32(24-35(39)69-48)56-18-16-55(17-19-56)20-21-57/h12-15,22-24,26-28,30,34,42-43,46,57,59-62H,16-21H2,1-11H3,(H,54,65)/b15-12+,22-14+,25-13-/t26-,27+,28-,30-,34+,42-,43-,46-,52+/m1/s1. The second-order valence-electron chi connectivity index (χ2n) is 19.8. The smallest absolute Gasteiger partial charge is 0.312 e. The van der Waals surface area contributed by atoms with Gasteiger partial charge in [0.1, 0.15) is 40.3 Å². The molecule has 0 spiro atoms. The summed E-state index contributed by atoms with van der Waals surface area (Å²) < 4.78 is 30.5. The van der Waals surface area contributed by atoms with Crippen LogP contribution in [0.1, 0.15) is 78.2 Å². The van der Waals surface area contributed by atoms with E-state index in [0.717, 1.165) is 0 Å². The van der Waals surface area contributed by atoms with Crippen LogP contribution < -0.4 is 20.4 Å². The molecule has 2 aromatic carbocycles. The van der Waals surface area contributed by atoms with Gasteiger partial charge in [0.25, 0.3) is 11.7 Å². The minimum Gasteiger partial charge on any atom is -0.507 e. The zero-order valence-corrected chi connectivity index (χ0v) is 41.7. The number of piperazine rings is 1. The third-order valence-corrected chi connectivity index (χ3v) is 14.8. The Morgan fingerprint density at radius 2 is 1.64 bits per heavy atom. The summed E-state index contributed by atoms with van der Waals surface area (Å²) in [5, 5.41) is 58.7. The molecule has 6 N–H and O–H groups in total. The fourth-order valence-electron chi connectivity index (χ4n) is 9.95. The number of β-amino-alcohol motifs (C(OH)–C–C–N with tert-alkyl or cyclic N) is 1. The summed E-state index contributed by atoms with van der Waals surface area (Å²) in [7, 11) is 1.44. The van der Waals surface area contributed by atoms with Gasteiger partial charge in [-0.15, -0.1) is 0 Å². The van der Waals surface area contributed by atoms with Crippen LogP contribution in [0, 0.1) is 36.0 Å². The summed E-state index contributed by atoms with van der Waals surface area (Å²) >= 11 is 0. The number of rotatable bonds is 5. The lowest BCUT2D eigenvalue weighted by Crippen LogP contribution is -2.47. The van der Waals surface area contributed by atoms with Crippen molar-refractivity contribution in [3.05, 3.63) is 69.6 Å². The van der Waals surface area contributed by atoms with Crippen LogP contribution >= 0.6 is 0 Å². The van der Waals surface area contributed by atoms with Crippen LogP contribution in [0.15, 0.2) is 57.5 Å². The molecule has 4 heterocycles. The van der Waals surface area contributed by atoms with Crippen molar-refractivity contribution >= 4 is 50.9 Å². The number of phenolic OH excluding ortho intramolecular Hbond substituents is 2. The van der Waals surface area contributed by atoms with Crippen LogP contribution in [0.25, 0.3) is 33.3 Å². The fourth-order valence-corrected chi connectivity index (χ4v) is 9.95. The predicted molar refractivity (Wildman–Crippen MR) is 262 cm³/mol. The second-order valence-corrected chi connectivity index (χ2v) is 19.8. The van der Waals surface area contributed by atoms with Crippen LogP contribution in [0.5, 0.6) is 17.2 Å². The monoisotopic (exact) mass is 970 g/mol. The van der Waals surface area contributed by atoms with E-state index in [9.17, 15) is 44.7 Å². The number of aliphatic hydroxyl groups is 3. The average Bonchev–Trinajstić information content (AvgIpc) is 3.59. The van der Waals surface area contributed by atoms with E-state index in [2.05, 4.69) is 10.2 Å². The predicted octanol–water partition coefficient (Wildman–Crippen LogP) is 5.80. The van der Waals surface area contributed by atoms with E-state index in [-0.39, 0.29) is 73.8 Å². The molecule has 4 bridgehead atoms. The molecule has 7 rings (SSSR count). The largest absolute Gasteiger partial charge is 0.507 e. The molecule has 18 nitrogen and oxygen atoms in total. The van der Waals surface area contributed by atoms with E-state index in [1.165, 1.54) is 59.3 Å². The number of ketones is 1. The highest BCUT2D eigenvalue weighted by Crippen LogP contribution is 2.51. The molecule has 0 unspecified atom stereocenters. The number of fused-ring (bicyclic) bond motifs is 2. The van der Waals surface area contributed by atoms with Crippen molar-refractivity contribution in [2.45, 2.75) is 99.4 Å². The Labute approximate surface area is 406 Å². The normalized spacial score (nSPS) is 29.9. The number of benzene rings is 3. The van der Waals surface area contributed by atoms with Crippen molar-refractivity contribution in [2.75, 3.05) is 56.7 Å². The number of allylic oxidation sites excluding steroid dienone is 3. The van der Waals surface area contributed by atoms with Gasteiger partial charge in [-0.3, -0.25) is 24.1 Å². The van der Waals surface area contributed by atoms with Crippen LogP contribution in [0.4, 0.5) is 11.4 Å². The first-order valence-electron chi connectivity index (χ1n) is 23.7. The van der Waals surface area contributed by atoms with Crippen molar-refractivity contribution in [3.8, 4) is 28.7 Å². The number of esters is 1. The number of hydrogen-bond donors (Lipinski definition) is 6. The second kappa shape index (κ2) is 20.0. The lowest BCUT2D eigenvalue weighted by Gasteiger charge is -2.40. The van der Waals surface area contributed by atoms with Gasteiger partial charge in [0.05, 0.1) is 42.1 Å². The molecule has 1 fully saturated rings. The molecular weight excluding hydrogens is 905 g/mol. The number of nitrogens with zero attached hydrogens (tertiary/aromatic N) is 3. The summed E-state index contributed by atoms with van der Waals surface area (Å²) in [6.07, 6.45) is 3.77. The number of ether oxygens (including phenoxy) is 4. The van der Waals surface area contributed by atoms with Gasteiger partial charge in [-0.1, -0.05) is 59.8 Å². The molecule has 1 amide bonds. The van der Waals surface area contributed by atoms with Gasteiger partial charge >= 0.3 is 11.8 Å². The first-order valence-corrected chi connectivity index (χ1v) is 23.7. The Kier molecular flexibility index (Phi) is 14.8. The van der Waals surface area contributed by atoms with E-state index in [1.54, 1.807) is 32.9 Å². The Bertz CT molecular complexity index is 2810. The lowest BCUT2D eigenvalue weighted by atomic mass is 9.71. The first kappa shape index (κ1) is 51.8. The van der Waals surface area contributed by atoms with Crippen molar-refractivity contribution in [3.63, 3.8) is 0 Å². The molecule has 0 saturated carbocycles. The highest BCUT2D eigenvalue weighted by molar-refractivity contribution is 6.22. The average molecular weight is 971 g/mol. The number of carbonyl (C=O) groups is 3. The number of nitrogens with one attached hydrogen (secondary N) is 1. The minimum absolute atomic E-state index is 0.0178. The number of carbonyl (C=O) groups excluding carboxylic acids is 3. The molecule has 378 valence electrons. The summed E-state index contributed by atoms with van der Waals surface area (Å²) in [4.78, 5) is 65.5. The minimum atomic E-state index is -2.10. The lowest BCUT2D eigenvalue weighted by molar-refractivity contribution is -0.161. The van der Waals surface area contributed by atoms with E-state index in [4.69, 9.17) is 28.3 Å². The number of amides is 1. The number of methoxy groups -OCH3 is 1. The number of aromatic hydroxyl groups is 2. The Morgan fingerprint density at radius 3 is 2.29 bits per heavy atom. The van der Waals surface area contributed by atoms with Gasteiger partial charge in [-0.05, 0) is 31.3 Å². The summed E-state index contributed by atoms with van der Waals surface area (Å²) in [5.74, 6) is -7.86. The van der Waals surface area contributed by atoms with E-state index in [0.29, 0.717) is 38.4 Å². The molecule has 0 radical (unpaired) electrons. The van der Waals surface area contributed by atoms with Crippen LogP contribution in [0.3, 0.4) is 0 Å². The zero-order valence-electron chi connectivity index (χ0n) is 41.7. The highest BCUT2D eigenvalue weighted by Gasteiger charge is 2.50. The first-order chi connectivity index (χ1) is 33.0. The molecule has 2 aromatic rings. The van der Waals surface area contributed by atoms with Gasteiger partial charge in [0.2, 0.25) is 5.43 Å². The van der Waals surface area contributed by atoms with Crippen molar-refractivity contribution in [1.29, 1.82) is 0 Å². The van der Waals surface area contributed by atoms with Crippen molar-refractivity contribution in [2.24, 2.45) is 29.1 Å². The third-order valence-electron chi connectivity index (χ3n) is 14.8. The van der Waals surface area contributed by atoms with Gasteiger partial charge in [-0.25, -0.2) is 4.98 Å². The summed E-state index contributed by atoms with van der Waals surface area (Å²) in [6.45, 7) is 19.5. The molecule has 9 atom stereocenters. The number of hydrogen-bond acceptors (Lipinski definition) is 17. The maximum absolute atomic E-state index is 14.9. The number of aliphatic hydroxyl groups excluding tert-OH is 3. The highest BCUT2D eigenvalue weighted by atomic mass is 16.7. The van der Waals surface area contributed by atoms with Gasteiger partial charge in [-0.2, -0.15) is 0 Å². The molecular formula is C52H66N4O14. The quantitative estimate of drug-likeness (QED) is 0.0786. The van der Waals surface area contributed by atoms with E-state index < -0.39 is 88.1 Å². The molecule has 5 aliphatic rings. The maximum atomic E-state index is 14.9. The molecule has 1 saturated heterocycles. The Morgan fingerprint density at radius 1 is 0.957 bits per heavy atom. The third kappa shape index (κ3) is 9.46. The number of anilines is 2. The maximum Gasteiger partial charge on any atom is 0.312 e. The van der Waals surface area contributed by atoms with Crippen LogP contribution in [0.2, 0.25) is 0 Å². The Hall–Kier alpha value is -6.05. The number of Topliss-reactive ketones (excluding diaryl/α,β-unsaturated/α-hetero) is 1. The van der Waals surface area contributed by atoms with Crippen LogP contribution in [-0.4, -0.2) is 130 Å². The van der Waals surface area contributed by atoms with Crippen molar-refractivity contribution < 1.29 is 63.3 Å². The molecule has 4 aliphatic heterocycles. The van der Waals surface area contributed by atoms with Gasteiger partial charge in [0, 0.05) is 106 Å².